The molecule has 0 aromatic heterocycles. The van der Waals surface area contributed by atoms with Gasteiger partial charge in [-0.1, -0.05) is 28.1 Å². The number of nitrogens with one attached hydrogen (secondary N) is 2. The Bertz CT molecular complexity index is 1090. The van der Waals surface area contributed by atoms with Gasteiger partial charge in [-0.25, -0.2) is 14.6 Å². The molecule has 0 aliphatic carbocycles. The van der Waals surface area contributed by atoms with Crippen molar-refractivity contribution in [2.45, 2.75) is 13.5 Å². The van der Waals surface area contributed by atoms with E-state index in [1.165, 1.54) is 12.1 Å². The fraction of sp³-hybridized carbons (Fsp3) is 0.0909. The zero-order valence-electron chi connectivity index (χ0n) is 16.0. The standard InChI is InChI=1S/C22H18BrFIN3O2/c1-14-9-18(6-7-19(14)23)27-22(29)28-26-12-15-5-8-21(20(25)11-15)30-13-16-3-2-4-17(24)10-16/h2-12H,13H2,1H3,(H2,27,28,29)/b26-12+. The van der Waals surface area contributed by atoms with Crippen LogP contribution in [-0.4, -0.2) is 12.2 Å². The highest BCUT2D eigenvalue weighted by Gasteiger charge is 2.05. The first-order valence-corrected chi connectivity index (χ1v) is 10.8. The summed E-state index contributed by atoms with van der Waals surface area (Å²) in [5.41, 5.74) is 5.70. The number of ether oxygens (including phenoxy) is 1. The molecule has 0 radical (unpaired) electrons. The molecule has 5 nitrogen and oxygen atoms in total. The van der Waals surface area contributed by atoms with Gasteiger partial charge in [0.1, 0.15) is 18.2 Å². The fourth-order valence-electron chi connectivity index (χ4n) is 2.55. The van der Waals surface area contributed by atoms with Crippen molar-refractivity contribution in [3.63, 3.8) is 0 Å². The van der Waals surface area contributed by atoms with Gasteiger partial charge in [0.2, 0.25) is 0 Å². The van der Waals surface area contributed by atoms with Gasteiger partial charge in [-0.05, 0) is 94.7 Å². The van der Waals surface area contributed by atoms with Gasteiger partial charge < -0.3 is 10.1 Å². The summed E-state index contributed by atoms with van der Waals surface area (Å²) in [6.07, 6.45) is 1.55. The van der Waals surface area contributed by atoms with E-state index in [9.17, 15) is 9.18 Å². The maximum absolute atomic E-state index is 13.2. The Morgan fingerprint density at radius 1 is 1.20 bits per heavy atom. The third-order valence-corrected chi connectivity index (χ3v) is 5.77. The van der Waals surface area contributed by atoms with Crippen LogP contribution in [0.3, 0.4) is 0 Å². The van der Waals surface area contributed by atoms with E-state index in [4.69, 9.17) is 4.74 Å². The van der Waals surface area contributed by atoms with E-state index in [1.54, 1.807) is 18.3 Å². The zero-order chi connectivity index (χ0) is 21.5. The van der Waals surface area contributed by atoms with E-state index < -0.39 is 6.03 Å². The van der Waals surface area contributed by atoms with Crippen molar-refractivity contribution in [3.8, 4) is 5.75 Å². The van der Waals surface area contributed by atoms with Gasteiger partial charge in [-0.2, -0.15) is 5.10 Å². The molecule has 3 aromatic carbocycles. The largest absolute Gasteiger partial charge is 0.488 e. The number of hydrogen-bond donors (Lipinski definition) is 2. The topological polar surface area (TPSA) is 62.7 Å². The van der Waals surface area contributed by atoms with Crippen LogP contribution in [0.5, 0.6) is 5.75 Å². The molecule has 2 N–H and O–H groups in total. The van der Waals surface area contributed by atoms with Gasteiger partial charge in [-0.15, -0.1) is 0 Å². The molecule has 8 heteroatoms. The van der Waals surface area contributed by atoms with Gasteiger partial charge >= 0.3 is 6.03 Å². The van der Waals surface area contributed by atoms with Gasteiger partial charge in [-0.3, -0.25) is 0 Å². The predicted molar refractivity (Wildman–Crippen MR) is 129 cm³/mol. The average molecular weight is 582 g/mol. The Balaban J connectivity index is 1.53. The first-order valence-electron chi connectivity index (χ1n) is 8.94. The van der Waals surface area contributed by atoms with Crippen LogP contribution in [0.1, 0.15) is 16.7 Å². The van der Waals surface area contributed by atoms with E-state index in [0.29, 0.717) is 11.4 Å². The monoisotopic (exact) mass is 581 g/mol. The third kappa shape index (κ3) is 6.53. The van der Waals surface area contributed by atoms with Crippen LogP contribution in [-0.2, 0) is 6.61 Å². The van der Waals surface area contributed by atoms with Crippen LogP contribution in [0.2, 0.25) is 0 Å². The van der Waals surface area contributed by atoms with Crippen LogP contribution < -0.4 is 15.5 Å². The molecule has 0 fully saturated rings. The van der Waals surface area contributed by atoms with Gasteiger partial charge in [0.05, 0.1) is 9.78 Å². The quantitative estimate of drug-likeness (QED) is 0.206. The van der Waals surface area contributed by atoms with E-state index in [2.05, 4.69) is 54.4 Å². The Labute approximate surface area is 196 Å². The summed E-state index contributed by atoms with van der Waals surface area (Å²) in [4.78, 5) is 12.0. The number of urea groups is 1. The Hall–Kier alpha value is -2.46. The molecule has 30 heavy (non-hydrogen) atoms. The lowest BCUT2D eigenvalue weighted by Gasteiger charge is -2.09. The number of hydrazone groups is 1. The Morgan fingerprint density at radius 3 is 2.77 bits per heavy atom. The highest BCUT2D eigenvalue weighted by atomic mass is 127. The Morgan fingerprint density at radius 2 is 2.03 bits per heavy atom. The van der Waals surface area contributed by atoms with Gasteiger partial charge in [0, 0.05) is 10.2 Å². The molecule has 0 saturated heterocycles. The fourth-order valence-corrected chi connectivity index (χ4v) is 3.49. The van der Waals surface area contributed by atoms with Crippen molar-refractivity contribution in [2.24, 2.45) is 5.10 Å². The second-order valence-electron chi connectivity index (χ2n) is 6.40. The first kappa shape index (κ1) is 22.2. The SMILES string of the molecule is Cc1cc(NC(=O)N/N=C/c2ccc(OCc3cccc(F)c3)c(I)c2)ccc1Br. The van der Waals surface area contributed by atoms with Crippen LogP contribution in [0, 0.1) is 16.3 Å². The normalized spacial score (nSPS) is 10.8. The summed E-state index contributed by atoms with van der Waals surface area (Å²) in [5.74, 6) is 0.400. The maximum atomic E-state index is 13.2. The van der Waals surface area contributed by atoms with Crippen molar-refractivity contribution >= 4 is 56.5 Å². The average Bonchev–Trinajstić information content (AvgIpc) is 2.70. The minimum atomic E-state index is -0.433. The molecule has 3 rings (SSSR count). The minimum Gasteiger partial charge on any atom is -0.488 e. The molecule has 0 unspecified atom stereocenters. The number of carbonyl (C=O) groups excluding carboxylic acids is 1. The number of hydrogen-bond acceptors (Lipinski definition) is 3. The second kappa shape index (κ2) is 10.5. The molecule has 0 atom stereocenters. The number of nitrogens with zero attached hydrogens (tertiary/aromatic N) is 1. The molecular formula is C22H18BrFIN3O2. The van der Waals surface area contributed by atoms with Crippen LogP contribution in [0.25, 0.3) is 0 Å². The number of carbonyl (C=O) groups is 1. The minimum absolute atomic E-state index is 0.276. The van der Waals surface area contributed by atoms with Crippen molar-refractivity contribution in [2.75, 3.05) is 5.32 Å². The van der Waals surface area contributed by atoms with E-state index >= 15 is 0 Å². The van der Waals surface area contributed by atoms with Crippen molar-refractivity contribution in [1.82, 2.24) is 5.43 Å². The van der Waals surface area contributed by atoms with E-state index in [1.807, 2.05) is 43.3 Å². The molecule has 2 amide bonds. The van der Waals surface area contributed by atoms with Gasteiger partial charge in [0.25, 0.3) is 0 Å². The molecule has 0 bridgehead atoms. The van der Waals surface area contributed by atoms with Crippen LogP contribution in [0.4, 0.5) is 14.9 Å². The molecule has 0 heterocycles. The smallest absolute Gasteiger partial charge is 0.339 e. The molecular weight excluding hydrogens is 564 g/mol. The number of amides is 2. The van der Waals surface area contributed by atoms with Crippen molar-refractivity contribution in [1.29, 1.82) is 0 Å². The predicted octanol–water partition coefficient (Wildman–Crippen LogP) is 6.24. The lowest BCUT2D eigenvalue weighted by atomic mass is 10.2. The molecule has 0 spiro atoms. The van der Waals surface area contributed by atoms with E-state index in [-0.39, 0.29) is 12.4 Å². The third-order valence-electron chi connectivity index (χ3n) is 4.03. The van der Waals surface area contributed by atoms with E-state index in [0.717, 1.165) is 24.7 Å². The summed E-state index contributed by atoms with van der Waals surface area (Å²) in [5, 5.41) is 6.69. The van der Waals surface area contributed by atoms with Crippen LogP contribution in [0.15, 0.2) is 70.2 Å². The van der Waals surface area contributed by atoms with Crippen LogP contribution >= 0.6 is 38.5 Å². The molecule has 0 saturated carbocycles. The number of benzene rings is 3. The number of anilines is 1. The zero-order valence-corrected chi connectivity index (χ0v) is 19.7. The number of halogens is 3. The molecule has 0 aliphatic heterocycles. The number of aryl methyl sites for hydroxylation is 1. The number of rotatable bonds is 6. The van der Waals surface area contributed by atoms with Crippen molar-refractivity contribution in [3.05, 3.63) is 91.2 Å². The molecule has 3 aromatic rings. The summed E-state index contributed by atoms with van der Waals surface area (Å²) in [7, 11) is 0. The Kier molecular flexibility index (Phi) is 7.81. The van der Waals surface area contributed by atoms with Gasteiger partial charge in [0.15, 0.2) is 0 Å². The molecule has 154 valence electrons. The summed E-state index contributed by atoms with van der Waals surface area (Å²) >= 11 is 5.58. The van der Waals surface area contributed by atoms with Crippen molar-refractivity contribution < 1.29 is 13.9 Å². The lowest BCUT2D eigenvalue weighted by molar-refractivity contribution is 0.252. The highest BCUT2D eigenvalue weighted by molar-refractivity contribution is 14.1. The lowest BCUT2D eigenvalue weighted by Crippen LogP contribution is -2.24. The summed E-state index contributed by atoms with van der Waals surface area (Å²) in [6.45, 7) is 2.22. The first-order chi connectivity index (χ1) is 14.4. The highest BCUT2D eigenvalue weighted by Crippen LogP contribution is 2.23. The second-order valence-corrected chi connectivity index (χ2v) is 8.41. The maximum Gasteiger partial charge on any atom is 0.339 e. The summed E-state index contributed by atoms with van der Waals surface area (Å²) in [6, 6.07) is 16.9. The molecule has 0 aliphatic rings. The summed E-state index contributed by atoms with van der Waals surface area (Å²) < 4.78 is 20.9.